The molecule has 1 rings (SSSR count). The highest BCUT2D eigenvalue weighted by Crippen LogP contribution is 1.85. The van der Waals surface area contributed by atoms with Crippen LogP contribution < -0.4 is 22.5 Å². The van der Waals surface area contributed by atoms with Gasteiger partial charge in [0.05, 0.1) is 0 Å². The molecule has 0 unspecified atom stereocenters. The molecule has 14 heavy (non-hydrogen) atoms. The van der Waals surface area contributed by atoms with Crippen LogP contribution in [0.5, 0.6) is 0 Å². The number of carbonyl (C=O) groups is 1. The Hall–Kier alpha value is -1.89. The Bertz CT molecular complexity index is 485. The van der Waals surface area contributed by atoms with Crippen molar-refractivity contribution in [2.24, 2.45) is 19.9 Å². The summed E-state index contributed by atoms with van der Waals surface area (Å²) in [5.41, 5.74) is 0.492. The van der Waals surface area contributed by atoms with Crippen LogP contribution in [0.15, 0.2) is 15.8 Å². The second-order valence-electron chi connectivity index (χ2n) is 2.77. The lowest BCUT2D eigenvalue weighted by Crippen LogP contribution is -2.43. The van der Waals surface area contributed by atoms with E-state index < -0.39 is 17.2 Å². The van der Waals surface area contributed by atoms with Gasteiger partial charge in [-0.2, -0.15) is 0 Å². The number of nitrogens with zero attached hydrogens (tertiary/aromatic N) is 2. The number of hydrogen-bond donors (Lipinski definition) is 2. The fourth-order valence-electron chi connectivity index (χ4n) is 1.04. The topological polar surface area (TPSA) is 99.1 Å². The van der Waals surface area contributed by atoms with Crippen LogP contribution >= 0.6 is 0 Å². The van der Waals surface area contributed by atoms with E-state index in [1.54, 1.807) is 0 Å². The molecule has 7 nitrogen and oxygen atoms in total. The number of hydrogen-bond acceptors (Lipinski definition) is 4. The molecule has 76 valence electrons. The second-order valence-corrected chi connectivity index (χ2v) is 2.77. The predicted octanol–water partition coefficient (Wildman–Crippen LogP) is -2.31. The van der Waals surface area contributed by atoms with E-state index in [9.17, 15) is 14.4 Å². The molecule has 0 saturated heterocycles. The fraction of sp³-hybridized carbons (Fsp3) is 0.286. The number of carbonyl (C=O) groups excluding carboxylic acids is 1. The van der Waals surface area contributed by atoms with Crippen LogP contribution in [0.3, 0.4) is 0 Å². The fourth-order valence-corrected chi connectivity index (χ4v) is 1.04. The SMILES string of the molecule is Cn1cc(C(=O)NN)c(=O)n(C)c1=O. The maximum atomic E-state index is 11.4. The van der Waals surface area contributed by atoms with Crippen molar-refractivity contribution >= 4 is 5.91 Å². The molecule has 0 saturated carbocycles. The van der Waals surface area contributed by atoms with E-state index in [1.807, 2.05) is 5.43 Å². The van der Waals surface area contributed by atoms with E-state index in [4.69, 9.17) is 5.84 Å². The molecule has 3 N–H and O–H groups in total. The smallest absolute Gasteiger partial charge is 0.303 e. The Morgan fingerprint density at radius 2 is 2.00 bits per heavy atom. The van der Waals surface area contributed by atoms with Crippen LogP contribution in [0.4, 0.5) is 0 Å². The number of rotatable bonds is 1. The number of aryl methyl sites for hydroxylation is 1. The van der Waals surface area contributed by atoms with Gasteiger partial charge in [-0.3, -0.25) is 19.6 Å². The van der Waals surface area contributed by atoms with E-state index in [2.05, 4.69) is 0 Å². The minimum atomic E-state index is -0.721. The quantitative estimate of drug-likeness (QED) is 0.301. The largest absolute Gasteiger partial charge is 0.330 e. The second kappa shape index (κ2) is 3.46. The molecule has 1 aromatic heterocycles. The van der Waals surface area contributed by atoms with E-state index >= 15 is 0 Å². The molecular weight excluding hydrogens is 188 g/mol. The molecular formula is C7H10N4O3. The minimum absolute atomic E-state index is 0.169. The van der Waals surface area contributed by atoms with Crippen molar-refractivity contribution in [3.05, 3.63) is 32.6 Å². The third-order valence-electron chi connectivity index (χ3n) is 1.82. The maximum Gasteiger partial charge on any atom is 0.330 e. The van der Waals surface area contributed by atoms with Crippen molar-refractivity contribution in [2.75, 3.05) is 0 Å². The molecule has 0 aliphatic rings. The molecule has 0 atom stereocenters. The number of nitrogens with one attached hydrogen (secondary N) is 1. The Morgan fingerprint density at radius 1 is 1.43 bits per heavy atom. The van der Waals surface area contributed by atoms with Gasteiger partial charge in [0.2, 0.25) is 0 Å². The van der Waals surface area contributed by atoms with Crippen LogP contribution in [-0.2, 0) is 14.1 Å². The molecule has 0 aromatic carbocycles. The normalized spacial score (nSPS) is 9.93. The van der Waals surface area contributed by atoms with Gasteiger partial charge in [0.25, 0.3) is 11.5 Å². The van der Waals surface area contributed by atoms with Crippen molar-refractivity contribution < 1.29 is 4.79 Å². The Labute approximate surface area is 78.7 Å². The van der Waals surface area contributed by atoms with Crippen molar-refractivity contribution in [2.45, 2.75) is 0 Å². The third-order valence-corrected chi connectivity index (χ3v) is 1.82. The lowest BCUT2D eigenvalue weighted by molar-refractivity contribution is 0.0950. The highest BCUT2D eigenvalue weighted by molar-refractivity contribution is 5.93. The summed E-state index contributed by atoms with van der Waals surface area (Å²) in [6.45, 7) is 0. The number of amides is 1. The molecule has 0 spiro atoms. The molecule has 1 aromatic rings. The lowest BCUT2D eigenvalue weighted by atomic mass is 10.3. The van der Waals surface area contributed by atoms with Crippen molar-refractivity contribution in [1.82, 2.24) is 14.6 Å². The summed E-state index contributed by atoms with van der Waals surface area (Å²) in [5, 5.41) is 0. The Morgan fingerprint density at radius 3 is 2.50 bits per heavy atom. The molecule has 7 heteroatoms. The summed E-state index contributed by atoms with van der Waals surface area (Å²) in [7, 11) is 2.73. The van der Waals surface area contributed by atoms with Crippen LogP contribution in [0, 0.1) is 0 Å². The summed E-state index contributed by atoms with van der Waals surface area (Å²) in [5.74, 6) is 4.15. The first-order chi connectivity index (χ1) is 6.49. The Kier molecular flexibility index (Phi) is 2.52. The minimum Gasteiger partial charge on any atom is -0.303 e. The molecule has 0 aliphatic heterocycles. The van der Waals surface area contributed by atoms with Gasteiger partial charge in [-0.1, -0.05) is 0 Å². The van der Waals surface area contributed by atoms with Crippen LogP contribution in [0.2, 0.25) is 0 Å². The molecule has 0 bridgehead atoms. The lowest BCUT2D eigenvalue weighted by Gasteiger charge is -2.04. The van der Waals surface area contributed by atoms with E-state index in [0.717, 1.165) is 15.3 Å². The predicted molar refractivity (Wildman–Crippen MR) is 48.6 cm³/mol. The number of aromatic nitrogens is 2. The maximum absolute atomic E-state index is 11.4. The van der Waals surface area contributed by atoms with Gasteiger partial charge in [0.15, 0.2) is 0 Å². The first-order valence-corrected chi connectivity index (χ1v) is 3.76. The van der Waals surface area contributed by atoms with Crippen LogP contribution in [0.1, 0.15) is 10.4 Å². The van der Waals surface area contributed by atoms with Crippen LogP contribution in [-0.4, -0.2) is 15.0 Å². The first kappa shape index (κ1) is 10.2. The molecule has 0 fully saturated rings. The number of hydrazine groups is 1. The van der Waals surface area contributed by atoms with Gasteiger partial charge in [-0.15, -0.1) is 0 Å². The zero-order chi connectivity index (χ0) is 10.9. The van der Waals surface area contributed by atoms with E-state index in [1.165, 1.54) is 14.1 Å². The van der Waals surface area contributed by atoms with Crippen molar-refractivity contribution in [1.29, 1.82) is 0 Å². The van der Waals surface area contributed by atoms with Gasteiger partial charge in [0.1, 0.15) is 5.56 Å². The third kappa shape index (κ3) is 1.44. The van der Waals surface area contributed by atoms with E-state index in [0.29, 0.717) is 0 Å². The van der Waals surface area contributed by atoms with Crippen LogP contribution in [0.25, 0.3) is 0 Å². The molecule has 1 heterocycles. The summed E-state index contributed by atoms with van der Waals surface area (Å²) in [6.07, 6.45) is 1.15. The summed E-state index contributed by atoms with van der Waals surface area (Å²) in [4.78, 5) is 33.7. The number of nitrogen functional groups attached to an aromatic ring is 1. The highest BCUT2D eigenvalue weighted by Gasteiger charge is 2.12. The average molecular weight is 198 g/mol. The van der Waals surface area contributed by atoms with Gasteiger partial charge in [-0.25, -0.2) is 10.6 Å². The molecule has 0 radical (unpaired) electrons. The van der Waals surface area contributed by atoms with Crippen molar-refractivity contribution in [3.63, 3.8) is 0 Å². The molecule has 0 aliphatic carbocycles. The van der Waals surface area contributed by atoms with Gasteiger partial charge >= 0.3 is 5.69 Å². The summed E-state index contributed by atoms with van der Waals surface area (Å²) >= 11 is 0. The van der Waals surface area contributed by atoms with Crippen molar-refractivity contribution in [3.8, 4) is 0 Å². The van der Waals surface area contributed by atoms with Gasteiger partial charge < -0.3 is 4.57 Å². The van der Waals surface area contributed by atoms with Gasteiger partial charge in [-0.05, 0) is 0 Å². The number of nitrogens with two attached hydrogens (primary N) is 1. The highest BCUT2D eigenvalue weighted by atomic mass is 16.2. The zero-order valence-electron chi connectivity index (χ0n) is 7.77. The standard InChI is InChI=1S/C7H10N4O3/c1-10-3-4(5(12)9-8)6(13)11(2)7(10)14/h3H,8H2,1-2H3,(H,9,12). The monoisotopic (exact) mass is 198 g/mol. The zero-order valence-corrected chi connectivity index (χ0v) is 7.77. The summed E-state index contributed by atoms with van der Waals surface area (Å²) < 4.78 is 1.97. The molecule has 1 amide bonds. The first-order valence-electron chi connectivity index (χ1n) is 3.76. The Balaban J connectivity index is 3.57. The average Bonchev–Trinajstić information content (AvgIpc) is 2.19. The van der Waals surface area contributed by atoms with E-state index in [-0.39, 0.29) is 5.56 Å². The van der Waals surface area contributed by atoms with Gasteiger partial charge in [0, 0.05) is 20.3 Å². The summed E-state index contributed by atoms with van der Waals surface area (Å²) in [6, 6.07) is 0.